The Morgan fingerprint density at radius 3 is 2.61 bits per heavy atom. The van der Waals surface area contributed by atoms with E-state index in [1.807, 2.05) is 30.3 Å². The summed E-state index contributed by atoms with van der Waals surface area (Å²) in [7, 11) is 0. The van der Waals surface area contributed by atoms with E-state index in [4.69, 9.17) is 5.84 Å². The van der Waals surface area contributed by atoms with Gasteiger partial charge in [0.05, 0.1) is 6.61 Å². The standard InChI is InChI=1S/C13H16N2O3/c1-2-18-13(17)10-15(14)12(16)9-8-11-6-4-3-5-7-11/h3-9H,2,10,14H2,1H3/b9-8-. The van der Waals surface area contributed by atoms with Crippen LogP contribution < -0.4 is 5.84 Å². The van der Waals surface area contributed by atoms with Crippen molar-refractivity contribution in [3.63, 3.8) is 0 Å². The average molecular weight is 248 g/mol. The van der Waals surface area contributed by atoms with Crippen molar-refractivity contribution in [2.45, 2.75) is 6.92 Å². The van der Waals surface area contributed by atoms with Crippen LogP contribution in [0.3, 0.4) is 0 Å². The first kappa shape index (κ1) is 13.9. The summed E-state index contributed by atoms with van der Waals surface area (Å²) in [5.41, 5.74) is 0.885. The Morgan fingerprint density at radius 1 is 1.33 bits per heavy atom. The smallest absolute Gasteiger partial charge is 0.327 e. The average Bonchev–Trinajstić information content (AvgIpc) is 2.37. The van der Waals surface area contributed by atoms with Gasteiger partial charge in [0.2, 0.25) is 0 Å². The lowest BCUT2D eigenvalue weighted by Crippen LogP contribution is -2.40. The Labute approximate surface area is 106 Å². The number of ether oxygens (including phenoxy) is 1. The van der Waals surface area contributed by atoms with Crippen molar-refractivity contribution in [2.75, 3.05) is 13.2 Å². The van der Waals surface area contributed by atoms with Crippen LogP contribution in [0.4, 0.5) is 0 Å². The molecular formula is C13H16N2O3. The fraction of sp³-hybridized carbons (Fsp3) is 0.231. The molecule has 5 nitrogen and oxygen atoms in total. The number of hydrogen-bond donors (Lipinski definition) is 1. The minimum Gasteiger partial charge on any atom is -0.465 e. The molecule has 1 amide bonds. The van der Waals surface area contributed by atoms with Gasteiger partial charge in [-0.3, -0.25) is 14.6 Å². The molecule has 0 radical (unpaired) electrons. The van der Waals surface area contributed by atoms with Crippen LogP contribution in [0.5, 0.6) is 0 Å². The number of amides is 1. The second-order valence-electron chi connectivity index (χ2n) is 3.52. The van der Waals surface area contributed by atoms with Crippen LogP contribution >= 0.6 is 0 Å². The molecule has 2 N–H and O–H groups in total. The van der Waals surface area contributed by atoms with Crippen LogP contribution in [0.25, 0.3) is 6.08 Å². The molecule has 0 bridgehead atoms. The van der Waals surface area contributed by atoms with E-state index in [9.17, 15) is 9.59 Å². The summed E-state index contributed by atoms with van der Waals surface area (Å²) in [6.07, 6.45) is 2.95. The van der Waals surface area contributed by atoms with Crippen molar-refractivity contribution >= 4 is 18.0 Å². The summed E-state index contributed by atoms with van der Waals surface area (Å²) in [6, 6.07) is 9.33. The Balaban J connectivity index is 2.50. The van der Waals surface area contributed by atoms with Gasteiger partial charge in [-0.15, -0.1) is 0 Å². The zero-order valence-corrected chi connectivity index (χ0v) is 10.2. The molecule has 0 saturated heterocycles. The Morgan fingerprint density at radius 2 is 2.00 bits per heavy atom. The largest absolute Gasteiger partial charge is 0.465 e. The van der Waals surface area contributed by atoms with E-state index >= 15 is 0 Å². The van der Waals surface area contributed by atoms with Gasteiger partial charge in [-0.25, -0.2) is 5.84 Å². The first-order valence-electron chi connectivity index (χ1n) is 5.58. The van der Waals surface area contributed by atoms with E-state index < -0.39 is 11.9 Å². The highest BCUT2D eigenvalue weighted by atomic mass is 16.5. The molecule has 5 heteroatoms. The molecule has 0 aliphatic heterocycles. The van der Waals surface area contributed by atoms with Crippen molar-refractivity contribution < 1.29 is 14.3 Å². The Bertz CT molecular complexity index is 429. The molecule has 0 unspecified atom stereocenters. The fourth-order valence-corrected chi connectivity index (χ4v) is 1.25. The second-order valence-corrected chi connectivity index (χ2v) is 3.52. The molecule has 1 rings (SSSR count). The maximum Gasteiger partial charge on any atom is 0.327 e. The number of esters is 1. The number of carbonyl (C=O) groups excluding carboxylic acids is 2. The molecule has 1 aromatic rings. The summed E-state index contributed by atoms with van der Waals surface area (Å²) in [5.74, 6) is 4.47. The topological polar surface area (TPSA) is 72.6 Å². The van der Waals surface area contributed by atoms with E-state index in [1.54, 1.807) is 13.0 Å². The zero-order chi connectivity index (χ0) is 13.4. The molecule has 0 aliphatic carbocycles. The summed E-state index contributed by atoms with van der Waals surface area (Å²) in [4.78, 5) is 22.7. The minimum absolute atomic E-state index is 0.258. The van der Waals surface area contributed by atoms with Crippen LogP contribution in [0.1, 0.15) is 12.5 Å². The molecule has 1 aromatic carbocycles. The molecule has 0 aliphatic rings. The van der Waals surface area contributed by atoms with Crippen molar-refractivity contribution in [3.05, 3.63) is 42.0 Å². The lowest BCUT2D eigenvalue weighted by Gasteiger charge is -2.12. The van der Waals surface area contributed by atoms with Crippen molar-refractivity contribution in [3.8, 4) is 0 Å². The molecule has 0 aromatic heterocycles. The van der Waals surface area contributed by atoms with Gasteiger partial charge in [0.25, 0.3) is 5.91 Å². The van der Waals surface area contributed by atoms with Gasteiger partial charge in [-0.2, -0.15) is 0 Å². The normalized spacial score (nSPS) is 10.3. The number of hydrazine groups is 1. The monoisotopic (exact) mass is 248 g/mol. The predicted octanol–water partition coefficient (Wildman–Crippen LogP) is 0.965. The van der Waals surface area contributed by atoms with Gasteiger partial charge in [-0.05, 0) is 18.6 Å². The van der Waals surface area contributed by atoms with E-state index in [1.165, 1.54) is 6.08 Å². The number of rotatable bonds is 5. The SMILES string of the molecule is CCOC(=O)CN(N)C(=O)/C=C\c1ccccc1. The summed E-state index contributed by atoms with van der Waals surface area (Å²) in [5, 5.41) is 0.817. The maximum absolute atomic E-state index is 11.6. The van der Waals surface area contributed by atoms with Crippen LogP contribution in [0, 0.1) is 0 Å². The molecule has 96 valence electrons. The third-order valence-electron chi connectivity index (χ3n) is 2.11. The lowest BCUT2D eigenvalue weighted by molar-refractivity contribution is -0.147. The lowest BCUT2D eigenvalue weighted by atomic mass is 10.2. The van der Waals surface area contributed by atoms with E-state index in [-0.39, 0.29) is 13.2 Å². The van der Waals surface area contributed by atoms with Crippen LogP contribution in [0.15, 0.2) is 36.4 Å². The Kier molecular flexibility index (Phi) is 5.60. The molecule has 0 heterocycles. The van der Waals surface area contributed by atoms with Crippen LogP contribution in [-0.2, 0) is 14.3 Å². The number of hydrogen-bond acceptors (Lipinski definition) is 4. The maximum atomic E-state index is 11.6. The van der Waals surface area contributed by atoms with E-state index in [0.29, 0.717) is 0 Å². The summed E-state index contributed by atoms with van der Waals surface area (Å²) in [6.45, 7) is 1.70. The van der Waals surface area contributed by atoms with Crippen molar-refractivity contribution in [1.82, 2.24) is 5.01 Å². The van der Waals surface area contributed by atoms with Gasteiger partial charge in [0.1, 0.15) is 6.54 Å². The van der Waals surface area contributed by atoms with Gasteiger partial charge < -0.3 is 4.74 Å². The Hall–Kier alpha value is -2.14. The van der Waals surface area contributed by atoms with Gasteiger partial charge >= 0.3 is 5.97 Å². The predicted molar refractivity (Wildman–Crippen MR) is 68.0 cm³/mol. The number of nitrogens with two attached hydrogens (primary N) is 1. The third-order valence-corrected chi connectivity index (χ3v) is 2.11. The minimum atomic E-state index is -0.526. The van der Waals surface area contributed by atoms with E-state index in [0.717, 1.165) is 10.6 Å². The fourth-order valence-electron chi connectivity index (χ4n) is 1.25. The molecule has 0 atom stereocenters. The van der Waals surface area contributed by atoms with Crippen LogP contribution in [0.2, 0.25) is 0 Å². The molecule has 0 fully saturated rings. The number of carbonyl (C=O) groups is 2. The highest BCUT2D eigenvalue weighted by molar-refractivity contribution is 5.93. The summed E-state index contributed by atoms with van der Waals surface area (Å²) >= 11 is 0. The van der Waals surface area contributed by atoms with Crippen molar-refractivity contribution in [2.24, 2.45) is 5.84 Å². The number of nitrogens with zero attached hydrogens (tertiary/aromatic N) is 1. The zero-order valence-electron chi connectivity index (χ0n) is 10.2. The molecule has 18 heavy (non-hydrogen) atoms. The first-order chi connectivity index (χ1) is 8.63. The first-order valence-corrected chi connectivity index (χ1v) is 5.58. The van der Waals surface area contributed by atoms with Crippen LogP contribution in [-0.4, -0.2) is 30.0 Å². The highest BCUT2D eigenvalue weighted by Gasteiger charge is 2.11. The molecule has 0 saturated carbocycles. The number of benzene rings is 1. The van der Waals surface area contributed by atoms with Gasteiger partial charge in [0, 0.05) is 6.08 Å². The highest BCUT2D eigenvalue weighted by Crippen LogP contribution is 2.01. The second kappa shape index (κ2) is 7.24. The third kappa shape index (κ3) is 4.80. The van der Waals surface area contributed by atoms with Gasteiger partial charge in [0.15, 0.2) is 0 Å². The van der Waals surface area contributed by atoms with Crippen molar-refractivity contribution in [1.29, 1.82) is 0 Å². The quantitative estimate of drug-likeness (QED) is 0.277. The van der Waals surface area contributed by atoms with E-state index in [2.05, 4.69) is 4.74 Å². The molecular weight excluding hydrogens is 232 g/mol. The van der Waals surface area contributed by atoms with Gasteiger partial charge in [-0.1, -0.05) is 30.3 Å². The molecule has 0 spiro atoms. The summed E-state index contributed by atoms with van der Waals surface area (Å²) < 4.78 is 4.69.